The van der Waals surface area contributed by atoms with Gasteiger partial charge in [0.25, 0.3) is 0 Å². The molecule has 1 aliphatic heterocycles. The van der Waals surface area contributed by atoms with Crippen LogP contribution >= 0.6 is 0 Å². The molecule has 1 saturated heterocycles. The maximum atomic E-state index is 12.5. The van der Waals surface area contributed by atoms with Crippen molar-refractivity contribution >= 4 is 24.0 Å². The summed E-state index contributed by atoms with van der Waals surface area (Å²) in [5.74, 6) is -0.406. The molecule has 1 unspecified atom stereocenters. The second-order valence-electron chi connectivity index (χ2n) is 7.00. The second-order valence-corrected chi connectivity index (χ2v) is 7.00. The molecule has 1 N–H and O–H groups in total. The number of likely N-dealkylation sites (tertiary alicyclic amines) is 1. The number of aliphatic carboxylic acids is 1. The van der Waals surface area contributed by atoms with Gasteiger partial charge in [0.2, 0.25) is 5.91 Å². The maximum absolute atomic E-state index is 12.5. The van der Waals surface area contributed by atoms with Crippen LogP contribution in [0.2, 0.25) is 0 Å². The van der Waals surface area contributed by atoms with E-state index in [-0.39, 0.29) is 18.4 Å². The highest BCUT2D eigenvalue weighted by molar-refractivity contribution is 5.84. The number of rotatable bonds is 7. The van der Waals surface area contributed by atoms with Crippen molar-refractivity contribution in [3.63, 3.8) is 0 Å². The molecule has 2 aromatic carbocycles. The van der Waals surface area contributed by atoms with E-state index in [1.807, 2.05) is 73.7 Å². The van der Waals surface area contributed by atoms with Crippen LogP contribution in [0.4, 0.5) is 0 Å². The molecule has 1 heterocycles. The minimum atomic E-state index is -0.934. The zero-order valence-corrected chi connectivity index (χ0v) is 16.0. The van der Waals surface area contributed by atoms with Crippen LogP contribution in [0.15, 0.2) is 54.6 Å². The van der Waals surface area contributed by atoms with Crippen molar-refractivity contribution in [3.05, 3.63) is 65.7 Å². The number of carboxylic acids is 1. The molecular formula is C23H25NO4. The van der Waals surface area contributed by atoms with Gasteiger partial charge < -0.3 is 14.7 Å². The molecule has 0 aliphatic carbocycles. The first-order chi connectivity index (χ1) is 13.5. The Morgan fingerprint density at radius 3 is 2.61 bits per heavy atom. The fraction of sp³-hybridized carbons (Fsp3) is 0.304. The van der Waals surface area contributed by atoms with Crippen molar-refractivity contribution < 1.29 is 19.4 Å². The highest BCUT2D eigenvalue weighted by Crippen LogP contribution is 2.24. The van der Waals surface area contributed by atoms with E-state index in [2.05, 4.69) is 0 Å². The van der Waals surface area contributed by atoms with Crippen molar-refractivity contribution in [1.82, 2.24) is 4.90 Å². The Balaban J connectivity index is 1.64. The predicted octanol–water partition coefficient (Wildman–Crippen LogP) is 4.09. The number of hydrogen-bond acceptors (Lipinski definition) is 3. The number of amides is 1. The van der Waals surface area contributed by atoms with Gasteiger partial charge in [-0.1, -0.05) is 60.7 Å². The molecule has 0 bridgehead atoms. The molecule has 1 aliphatic rings. The van der Waals surface area contributed by atoms with Gasteiger partial charge in [-0.05, 0) is 31.4 Å². The highest BCUT2D eigenvalue weighted by Gasteiger charge is 2.34. The minimum Gasteiger partial charge on any atom is -0.490 e. The smallest absolute Gasteiger partial charge is 0.326 e. The van der Waals surface area contributed by atoms with E-state index < -0.39 is 12.0 Å². The van der Waals surface area contributed by atoms with Crippen molar-refractivity contribution in [2.45, 2.75) is 38.3 Å². The second kappa shape index (κ2) is 9.22. The van der Waals surface area contributed by atoms with Crippen LogP contribution in [0.5, 0.6) is 5.75 Å². The number of para-hydroxylation sites is 1. The van der Waals surface area contributed by atoms with Crippen LogP contribution in [0.3, 0.4) is 0 Å². The van der Waals surface area contributed by atoms with Crippen molar-refractivity contribution in [2.75, 3.05) is 6.54 Å². The maximum Gasteiger partial charge on any atom is 0.326 e. The van der Waals surface area contributed by atoms with Crippen LogP contribution < -0.4 is 4.74 Å². The molecule has 3 rings (SSSR count). The zero-order chi connectivity index (χ0) is 19.9. The largest absolute Gasteiger partial charge is 0.490 e. The van der Waals surface area contributed by atoms with E-state index >= 15 is 0 Å². The van der Waals surface area contributed by atoms with Gasteiger partial charge in [-0.25, -0.2) is 4.79 Å². The summed E-state index contributed by atoms with van der Waals surface area (Å²) >= 11 is 0. The van der Waals surface area contributed by atoms with Gasteiger partial charge >= 0.3 is 5.97 Å². The first kappa shape index (κ1) is 19.7. The van der Waals surface area contributed by atoms with E-state index in [1.54, 1.807) is 0 Å². The predicted molar refractivity (Wildman–Crippen MR) is 109 cm³/mol. The van der Waals surface area contributed by atoms with E-state index in [0.717, 1.165) is 17.5 Å². The van der Waals surface area contributed by atoms with Crippen molar-refractivity contribution in [3.8, 4) is 5.75 Å². The quantitative estimate of drug-likeness (QED) is 0.736. The Morgan fingerprint density at radius 1 is 1.14 bits per heavy atom. The summed E-state index contributed by atoms with van der Waals surface area (Å²) in [5, 5.41) is 9.26. The molecule has 5 nitrogen and oxygen atoms in total. The Bertz CT molecular complexity index is 847. The molecule has 0 spiro atoms. The lowest BCUT2D eigenvalue weighted by molar-refractivity contribution is -0.148. The van der Waals surface area contributed by atoms with Gasteiger partial charge in [0.15, 0.2) is 0 Å². The van der Waals surface area contributed by atoms with Gasteiger partial charge in [0.1, 0.15) is 17.9 Å². The van der Waals surface area contributed by atoms with E-state index in [9.17, 15) is 14.7 Å². The molecule has 2 aromatic rings. The summed E-state index contributed by atoms with van der Waals surface area (Å²) in [6.07, 6.45) is 5.04. The molecule has 146 valence electrons. The summed E-state index contributed by atoms with van der Waals surface area (Å²) in [6, 6.07) is 17.0. The number of carbonyl (C=O) groups is 2. The lowest BCUT2D eigenvalue weighted by Gasteiger charge is -2.24. The lowest BCUT2D eigenvalue weighted by Crippen LogP contribution is -2.41. The molecular weight excluding hydrogens is 354 g/mol. The first-order valence-corrected chi connectivity index (χ1v) is 9.55. The van der Waals surface area contributed by atoms with Gasteiger partial charge in [-0.15, -0.1) is 0 Å². The van der Waals surface area contributed by atoms with Crippen LogP contribution in [-0.4, -0.2) is 40.6 Å². The van der Waals surface area contributed by atoms with Gasteiger partial charge in [-0.3, -0.25) is 4.79 Å². The molecule has 1 fully saturated rings. The Labute approximate surface area is 165 Å². The Hall–Kier alpha value is -3.08. The standard InChI is InChI=1S/C23H25NO4/c1-17(16-22(25)24-15-7-11-20(24)23(26)27)28-21-12-6-5-10-19(21)14-13-18-8-3-2-4-9-18/h2-6,8-10,12-14,17,20H,7,11,15-16H2,1H3,(H,26,27)/b14-13+/t17?,20-/m0/s1. The molecule has 0 saturated carbocycles. The third kappa shape index (κ3) is 5.00. The number of carbonyl (C=O) groups excluding carboxylic acids is 1. The number of hydrogen-bond donors (Lipinski definition) is 1. The third-order valence-electron chi connectivity index (χ3n) is 4.82. The molecule has 0 aromatic heterocycles. The number of benzene rings is 2. The summed E-state index contributed by atoms with van der Waals surface area (Å²) in [6.45, 7) is 2.33. The van der Waals surface area contributed by atoms with E-state index in [1.165, 1.54) is 4.90 Å². The Kier molecular flexibility index (Phi) is 6.48. The fourth-order valence-electron chi connectivity index (χ4n) is 3.42. The van der Waals surface area contributed by atoms with Crippen LogP contribution in [0.25, 0.3) is 12.2 Å². The normalized spacial score (nSPS) is 17.6. The van der Waals surface area contributed by atoms with Crippen molar-refractivity contribution in [2.24, 2.45) is 0 Å². The third-order valence-corrected chi connectivity index (χ3v) is 4.82. The first-order valence-electron chi connectivity index (χ1n) is 9.55. The summed E-state index contributed by atoms with van der Waals surface area (Å²) in [5.41, 5.74) is 2.02. The van der Waals surface area contributed by atoms with Gasteiger partial charge in [0, 0.05) is 12.1 Å². The fourth-order valence-corrected chi connectivity index (χ4v) is 3.42. The average molecular weight is 379 g/mol. The molecule has 2 atom stereocenters. The highest BCUT2D eigenvalue weighted by atomic mass is 16.5. The summed E-state index contributed by atoms with van der Waals surface area (Å²) in [4.78, 5) is 25.3. The number of carboxylic acid groups (broad SMARTS) is 1. The van der Waals surface area contributed by atoms with Crippen LogP contribution in [-0.2, 0) is 9.59 Å². The van der Waals surface area contributed by atoms with E-state index in [4.69, 9.17) is 4.74 Å². The summed E-state index contributed by atoms with van der Waals surface area (Å²) < 4.78 is 6.01. The average Bonchev–Trinajstić information content (AvgIpc) is 3.18. The lowest BCUT2D eigenvalue weighted by atomic mass is 10.1. The zero-order valence-electron chi connectivity index (χ0n) is 16.0. The van der Waals surface area contributed by atoms with Crippen LogP contribution in [0, 0.1) is 0 Å². The number of nitrogens with zero attached hydrogens (tertiary/aromatic N) is 1. The molecule has 28 heavy (non-hydrogen) atoms. The molecule has 1 amide bonds. The van der Waals surface area contributed by atoms with Crippen molar-refractivity contribution in [1.29, 1.82) is 0 Å². The molecule has 0 radical (unpaired) electrons. The molecule has 5 heteroatoms. The number of ether oxygens (including phenoxy) is 1. The summed E-state index contributed by atoms with van der Waals surface area (Å²) in [7, 11) is 0. The van der Waals surface area contributed by atoms with E-state index in [0.29, 0.717) is 18.7 Å². The van der Waals surface area contributed by atoms with Gasteiger partial charge in [0.05, 0.1) is 6.42 Å². The topological polar surface area (TPSA) is 66.8 Å². The van der Waals surface area contributed by atoms with Gasteiger partial charge in [-0.2, -0.15) is 0 Å². The minimum absolute atomic E-state index is 0.153. The SMILES string of the molecule is CC(CC(=O)N1CCC[C@H]1C(=O)O)Oc1ccccc1/C=C/c1ccccc1. The Morgan fingerprint density at radius 2 is 1.86 bits per heavy atom. The monoisotopic (exact) mass is 379 g/mol. The van der Waals surface area contributed by atoms with Crippen LogP contribution in [0.1, 0.15) is 37.3 Å².